The quantitative estimate of drug-likeness (QED) is 0.106. The highest BCUT2D eigenvalue weighted by molar-refractivity contribution is 5.69. The van der Waals surface area contributed by atoms with Gasteiger partial charge in [0.1, 0.15) is 5.60 Å². The van der Waals surface area contributed by atoms with E-state index in [1.165, 1.54) is 0 Å². The van der Waals surface area contributed by atoms with Crippen molar-refractivity contribution in [3.8, 4) is 0 Å². The van der Waals surface area contributed by atoms with E-state index in [0.717, 1.165) is 0 Å². The average Bonchev–Trinajstić information content (AvgIpc) is 2.84. The third-order valence-corrected chi connectivity index (χ3v) is 4.11. The van der Waals surface area contributed by atoms with E-state index >= 15 is 0 Å². The fourth-order valence-corrected chi connectivity index (χ4v) is 2.49. The Morgan fingerprint density at radius 2 is 0.703 bits per heavy atom. The lowest BCUT2D eigenvalue weighted by molar-refractivity contribution is -0.156. The summed E-state index contributed by atoms with van der Waals surface area (Å²) in [6.45, 7) is 14.9. The zero-order chi connectivity index (χ0) is 27.3. The molecule has 12 nitrogen and oxygen atoms in total. The Kier molecular flexibility index (Phi) is 27.4. The molecule has 0 aliphatic carbocycles. The number of ether oxygens (including phenoxy) is 10. The van der Waals surface area contributed by atoms with Gasteiger partial charge in [0.05, 0.1) is 125 Å². The van der Waals surface area contributed by atoms with E-state index in [0.29, 0.717) is 125 Å². The van der Waals surface area contributed by atoms with Gasteiger partial charge in [-0.1, -0.05) is 0 Å². The lowest BCUT2D eigenvalue weighted by atomic mass is 10.2. The highest BCUT2D eigenvalue weighted by Gasteiger charge is 2.15. The summed E-state index contributed by atoms with van der Waals surface area (Å²) in [6.07, 6.45) is 0.236. The van der Waals surface area contributed by atoms with Gasteiger partial charge in [0.15, 0.2) is 0 Å². The van der Waals surface area contributed by atoms with Gasteiger partial charge in [-0.05, 0) is 20.8 Å². The topological polar surface area (TPSA) is 135 Å². The van der Waals surface area contributed by atoms with Gasteiger partial charge in [0, 0.05) is 6.54 Å². The largest absolute Gasteiger partial charge is 0.460 e. The minimum absolute atomic E-state index is 0.236. The van der Waals surface area contributed by atoms with Gasteiger partial charge in [0.25, 0.3) is 0 Å². The molecule has 0 rings (SSSR count). The Morgan fingerprint density at radius 1 is 0.459 bits per heavy atom. The van der Waals surface area contributed by atoms with E-state index < -0.39 is 5.60 Å². The van der Waals surface area contributed by atoms with Gasteiger partial charge in [0.2, 0.25) is 0 Å². The molecule has 0 atom stereocenters. The van der Waals surface area contributed by atoms with Crippen LogP contribution >= 0.6 is 0 Å². The monoisotopic (exact) mass is 541 g/mol. The van der Waals surface area contributed by atoms with Crippen molar-refractivity contribution in [3.63, 3.8) is 0 Å². The maximum atomic E-state index is 11.5. The first kappa shape index (κ1) is 36.1. The van der Waals surface area contributed by atoms with Crippen LogP contribution in [-0.2, 0) is 52.2 Å². The van der Waals surface area contributed by atoms with Crippen LogP contribution in [0.4, 0.5) is 0 Å². The van der Waals surface area contributed by atoms with Crippen molar-refractivity contribution in [2.75, 3.05) is 125 Å². The fourth-order valence-electron chi connectivity index (χ4n) is 2.49. The minimum atomic E-state index is -0.469. The fraction of sp³-hybridized carbons (Fsp3) is 0.960. The van der Waals surface area contributed by atoms with Gasteiger partial charge >= 0.3 is 5.97 Å². The molecule has 12 heteroatoms. The highest BCUT2D eigenvalue weighted by atomic mass is 16.6. The molecule has 0 fully saturated rings. The number of hydrogen-bond donors (Lipinski definition) is 1. The number of nitrogens with two attached hydrogens (primary N) is 1. The number of carbonyl (C=O) groups excluding carboxylic acids is 1. The third kappa shape index (κ3) is 33.0. The number of hydrogen-bond acceptors (Lipinski definition) is 12. The number of esters is 1. The molecule has 0 aromatic heterocycles. The first-order valence-corrected chi connectivity index (χ1v) is 13.1. The van der Waals surface area contributed by atoms with E-state index in [2.05, 4.69) is 0 Å². The van der Waals surface area contributed by atoms with Crippen LogP contribution in [0.15, 0.2) is 0 Å². The minimum Gasteiger partial charge on any atom is -0.460 e. The van der Waals surface area contributed by atoms with E-state index in [-0.39, 0.29) is 12.4 Å². The summed E-state index contributed by atoms with van der Waals surface area (Å²) in [5, 5.41) is 0. The smallest absolute Gasteiger partial charge is 0.308 e. The van der Waals surface area contributed by atoms with Gasteiger partial charge in [-0.15, -0.1) is 0 Å². The molecule has 0 aromatic rings. The molecule has 0 unspecified atom stereocenters. The Balaban J connectivity index is 3.09. The lowest BCUT2D eigenvalue weighted by Gasteiger charge is -2.19. The van der Waals surface area contributed by atoms with E-state index in [1.807, 2.05) is 20.8 Å². The maximum Gasteiger partial charge on any atom is 0.308 e. The summed E-state index contributed by atoms with van der Waals surface area (Å²) in [5.74, 6) is -0.262. The van der Waals surface area contributed by atoms with Crippen molar-refractivity contribution in [2.45, 2.75) is 32.8 Å². The lowest BCUT2D eigenvalue weighted by Crippen LogP contribution is -2.24. The average molecular weight is 542 g/mol. The van der Waals surface area contributed by atoms with Crippen LogP contribution in [0.1, 0.15) is 27.2 Å². The number of rotatable bonds is 29. The van der Waals surface area contributed by atoms with E-state index in [1.54, 1.807) is 0 Å². The van der Waals surface area contributed by atoms with Gasteiger partial charge < -0.3 is 53.1 Å². The second-order valence-corrected chi connectivity index (χ2v) is 8.64. The van der Waals surface area contributed by atoms with Crippen LogP contribution in [-0.4, -0.2) is 137 Å². The highest BCUT2D eigenvalue weighted by Crippen LogP contribution is 2.08. The maximum absolute atomic E-state index is 11.5. The second-order valence-electron chi connectivity index (χ2n) is 8.64. The molecule has 37 heavy (non-hydrogen) atoms. The third-order valence-electron chi connectivity index (χ3n) is 4.11. The molecule has 0 saturated carbocycles. The second kappa shape index (κ2) is 28.1. The molecule has 0 radical (unpaired) electrons. The van der Waals surface area contributed by atoms with Crippen LogP contribution in [0.5, 0.6) is 0 Å². The summed E-state index contributed by atoms with van der Waals surface area (Å²) >= 11 is 0. The molecule has 0 heterocycles. The van der Waals surface area contributed by atoms with Crippen molar-refractivity contribution >= 4 is 5.97 Å². The molecule has 0 spiro atoms. The first-order valence-electron chi connectivity index (χ1n) is 13.1. The summed E-state index contributed by atoms with van der Waals surface area (Å²) in [5.41, 5.74) is 4.85. The summed E-state index contributed by atoms with van der Waals surface area (Å²) in [6, 6.07) is 0. The van der Waals surface area contributed by atoms with Crippen LogP contribution in [0.2, 0.25) is 0 Å². The molecule has 0 aliphatic rings. The van der Waals surface area contributed by atoms with Crippen LogP contribution in [0.25, 0.3) is 0 Å². The van der Waals surface area contributed by atoms with Gasteiger partial charge in [-0.25, -0.2) is 0 Å². The van der Waals surface area contributed by atoms with E-state index in [9.17, 15) is 4.79 Å². The zero-order valence-corrected chi connectivity index (χ0v) is 23.2. The molecule has 222 valence electrons. The SMILES string of the molecule is CC(C)(C)OC(=O)CCOCCOCCOCCOCCOCCOCCOCCOCCOCCN. The molecule has 2 N–H and O–H groups in total. The predicted molar refractivity (Wildman–Crippen MR) is 137 cm³/mol. The molecule has 0 aromatic carbocycles. The molecule has 0 saturated heterocycles. The van der Waals surface area contributed by atoms with Crippen molar-refractivity contribution in [2.24, 2.45) is 5.73 Å². The molecule has 0 amide bonds. The Morgan fingerprint density at radius 3 is 0.946 bits per heavy atom. The summed E-state index contributed by atoms with van der Waals surface area (Å²) in [4.78, 5) is 11.5. The van der Waals surface area contributed by atoms with Crippen molar-refractivity contribution in [1.29, 1.82) is 0 Å². The Labute approximate surface area is 222 Å². The van der Waals surface area contributed by atoms with E-state index in [4.69, 9.17) is 53.1 Å². The van der Waals surface area contributed by atoms with Crippen molar-refractivity contribution < 1.29 is 52.2 Å². The van der Waals surface area contributed by atoms with Crippen molar-refractivity contribution in [1.82, 2.24) is 0 Å². The standard InChI is InChI=1S/C25H51NO11/c1-25(2,3)37-24(27)4-6-28-8-10-30-12-14-32-16-18-34-20-22-36-23-21-35-19-17-33-15-13-31-11-9-29-7-5-26/h4-23,26H2,1-3H3. The Hall–Kier alpha value is -0.930. The molecule has 0 bridgehead atoms. The van der Waals surface area contributed by atoms with Crippen LogP contribution in [0, 0.1) is 0 Å². The molecular weight excluding hydrogens is 490 g/mol. The zero-order valence-electron chi connectivity index (χ0n) is 23.2. The summed E-state index contributed by atoms with van der Waals surface area (Å²) in [7, 11) is 0. The molecular formula is C25H51NO11. The normalized spacial score (nSPS) is 11.8. The first-order chi connectivity index (χ1) is 18.0. The summed E-state index contributed by atoms with van der Waals surface area (Å²) < 4.78 is 53.6. The van der Waals surface area contributed by atoms with Crippen LogP contribution in [0.3, 0.4) is 0 Å². The molecule has 0 aliphatic heterocycles. The number of carbonyl (C=O) groups is 1. The van der Waals surface area contributed by atoms with Gasteiger partial charge in [-0.3, -0.25) is 4.79 Å². The Bertz CT molecular complexity index is 478. The van der Waals surface area contributed by atoms with Gasteiger partial charge in [-0.2, -0.15) is 0 Å². The van der Waals surface area contributed by atoms with Crippen molar-refractivity contribution in [3.05, 3.63) is 0 Å². The predicted octanol–water partition coefficient (Wildman–Crippen LogP) is 0.826. The van der Waals surface area contributed by atoms with Crippen LogP contribution < -0.4 is 5.73 Å².